The summed E-state index contributed by atoms with van der Waals surface area (Å²) in [6, 6.07) is 6.19. The van der Waals surface area contributed by atoms with Gasteiger partial charge in [0.1, 0.15) is 6.07 Å². The van der Waals surface area contributed by atoms with E-state index in [0.29, 0.717) is 22.6 Å². The highest BCUT2D eigenvalue weighted by molar-refractivity contribution is 6.46. The Balaban J connectivity index is 2.20. The largest absolute Gasteiger partial charge is 0.450 e. The summed E-state index contributed by atoms with van der Waals surface area (Å²) in [6.07, 6.45) is -0.989. The lowest BCUT2D eigenvalue weighted by molar-refractivity contribution is -0.114. The van der Waals surface area contributed by atoms with Gasteiger partial charge in [-0.15, -0.1) is 5.10 Å². The molecule has 0 aliphatic heterocycles. The van der Waals surface area contributed by atoms with Crippen LogP contribution in [0.25, 0.3) is 0 Å². The molecule has 11 nitrogen and oxygen atoms in total. The molecule has 168 valence electrons. The summed E-state index contributed by atoms with van der Waals surface area (Å²) in [6.45, 7) is 7.09. The van der Waals surface area contributed by atoms with E-state index in [1.54, 1.807) is 26.0 Å². The number of nitrogens with one attached hydrogen (secondary N) is 3. The molecule has 2 amide bonds. The summed E-state index contributed by atoms with van der Waals surface area (Å²) in [5, 5.41) is 21.1. The molecule has 2 aromatic rings. The predicted octanol–water partition coefficient (Wildman–Crippen LogP) is 3.21. The Morgan fingerprint density at radius 2 is 2.06 bits per heavy atom. The number of halogens is 1. The van der Waals surface area contributed by atoms with Gasteiger partial charge in [-0.25, -0.2) is 9.89 Å². The van der Waals surface area contributed by atoms with Crippen LogP contribution in [-0.2, 0) is 9.53 Å². The number of imide groups is 1. The van der Waals surface area contributed by atoms with E-state index in [4.69, 9.17) is 21.6 Å². The minimum absolute atomic E-state index is 0.0273. The van der Waals surface area contributed by atoms with Crippen LogP contribution in [0.3, 0.4) is 0 Å². The average Bonchev–Trinajstić information content (AvgIpc) is 2.72. The van der Waals surface area contributed by atoms with Gasteiger partial charge >= 0.3 is 6.09 Å². The van der Waals surface area contributed by atoms with E-state index >= 15 is 0 Å². The van der Waals surface area contributed by atoms with Crippen molar-refractivity contribution >= 4 is 35.0 Å². The fourth-order valence-electron chi connectivity index (χ4n) is 2.48. The molecule has 1 heterocycles. The zero-order chi connectivity index (χ0) is 23.8. The summed E-state index contributed by atoms with van der Waals surface area (Å²) < 4.78 is 10.3. The van der Waals surface area contributed by atoms with Crippen LogP contribution in [0, 0.1) is 18.3 Å². The summed E-state index contributed by atoms with van der Waals surface area (Å²) >= 11 is 6.31. The van der Waals surface area contributed by atoms with E-state index in [2.05, 4.69) is 25.5 Å². The molecule has 0 radical (unpaired) electrons. The molecule has 1 aromatic heterocycles. The zero-order valence-corrected chi connectivity index (χ0v) is 18.5. The Morgan fingerprint density at radius 1 is 1.34 bits per heavy atom. The molecule has 0 aliphatic rings. The number of hydrogen-bond donors (Lipinski definition) is 3. The molecule has 2 rings (SSSR count). The van der Waals surface area contributed by atoms with Gasteiger partial charge in [0.2, 0.25) is 11.6 Å². The van der Waals surface area contributed by atoms with E-state index in [0.717, 1.165) is 0 Å². The van der Waals surface area contributed by atoms with E-state index in [1.807, 2.05) is 19.2 Å². The smallest absolute Gasteiger partial charge is 0.414 e. The van der Waals surface area contributed by atoms with Gasteiger partial charge in [0, 0.05) is 11.6 Å². The molecule has 3 N–H and O–H groups in total. The van der Waals surface area contributed by atoms with Gasteiger partial charge < -0.3 is 9.47 Å². The first-order valence-corrected chi connectivity index (χ1v) is 9.83. The summed E-state index contributed by atoms with van der Waals surface area (Å²) in [5.41, 5.74) is 3.10. The van der Waals surface area contributed by atoms with Crippen molar-refractivity contribution in [1.82, 2.24) is 15.5 Å². The predicted molar refractivity (Wildman–Crippen MR) is 117 cm³/mol. The number of nitrogens with zero attached hydrogens (tertiary/aromatic N) is 3. The van der Waals surface area contributed by atoms with Gasteiger partial charge in [-0.1, -0.05) is 25.4 Å². The average molecular weight is 461 g/mol. The Hall–Kier alpha value is -3.91. The molecule has 0 aliphatic carbocycles. The van der Waals surface area contributed by atoms with Crippen molar-refractivity contribution in [3.63, 3.8) is 0 Å². The number of carbonyl (C=O) groups is 2. The Labute approximate surface area is 188 Å². The third-order valence-electron chi connectivity index (χ3n) is 3.98. The van der Waals surface area contributed by atoms with Gasteiger partial charge in [-0.05, 0) is 37.5 Å². The van der Waals surface area contributed by atoms with Crippen LogP contribution in [-0.4, -0.2) is 34.5 Å². The second-order valence-electron chi connectivity index (χ2n) is 6.71. The number of benzene rings is 1. The number of nitriles is 1. The van der Waals surface area contributed by atoms with Crippen molar-refractivity contribution in [2.24, 2.45) is 5.10 Å². The summed E-state index contributed by atoms with van der Waals surface area (Å²) in [5.74, 6) is -0.581. The van der Waals surface area contributed by atoms with E-state index in [9.17, 15) is 14.4 Å². The lowest BCUT2D eigenvalue weighted by Gasteiger charge is -2.13. The van der Waals surface area contributed by atoms with Gasteiger partial charge in [0.05, 0.1) is 17.3 Å². The van der Waals surface area contributed by atoms with Gasteiger partial charge in [-0.3, -0.25) is 20.3 Å². The highest BCUT2D eigenvalue weighted by atomic mass is 35.5. The Bertz CT molecular complexity index is 1130. The number of aryl methyl sites for hydroxylation is 1. The zero-order valence-electron chi connectivity index (χ0n) is 17.8. The van der Waals surface area contributed by atoms with Gasteiger partial charge in [0.15, 0.2) is 5.75 Å². The molecule has 0 spiro atoms. The second kappa shape index (κ2) is 10.9. The number of aromatic amines is 1. The first kappa shape index (κ1) is 24.4. The second-order valence-corrected chi connectivity index (χ2v) is 7.12. The Kier molecular flexibility index (Phi) is 8.31. The van der Waals surface area contributed by atoms with Crippen LogP contribution < -0.4 is 21.0 Å². The van der Waals surface area contributed by atoms with E-state index in [1.165, 1.54) is 12.1 Å². The van der Waals surface area contributed by atoms with Crippen LogP contribution in [0.1, 0.15) is 37.8 Å². The van der Waals surface area contributed by atoms with Crippen LogP contribution in [0.4, 0.5) is 10.5 Å². The first-order chi connectivity index (χ1) is 15.2. The van der Waals surface area contributed by atoms with Crippen LogP contribution in [0.15, 0.2) is 28.1 Å². The lowest BCUT2D eigenvalue weighted by atomic mass is 10.1. The fraction of sp³-hybridized carbons (Fsp3) is 0.300. The number of amides is 2. The molecule has 0 unspecified atom stereocenters. The van der Waals surface area contributed by atoms with E-state index < -0.39 is 17.7 Å². The normalized spacial score (nSPS) is 11.0. The maximum Gasteiger partial charge on any atom is 0.414 e. The third-order valence-corrected chi connectivity index (χ3v) is 4.26. The topological polar surface area (TPSA) is 159 Å². The number of aromatic nitrogens is 2. The van der Waals surface area contributed by atoms with Crippen LogP contribution in [0.5, 0.6) is 11.6 Å². The number of alkyl carbamates (subject to hydrolysis) is 1. The number of hydrogen-bond acceptors (Lipinski definition) is 9. The first-order valence-electron chi connectivity index (χ1n) is 9.45. The molecule has 32 heavy (non-hydrogen) atoms. The molecule has 0 saturated carbocycles. The number of ether oxygens (including phenoxy) is 2. The van der Waals surface area contributed by atoms with Crippen LogP contribution >= 0.6 is 11.6 Å². The standard InChI is InChI=1S/C20H21ClN6O5/c1-5-31-20(30)23-19(29)15(9-22)25-24-12-6-11(4)17(14(21)7-12)32-16-8-13(10(2)3)18(28)27-26-16/h6-8,10,24H,5H2,1-4H3,(H,27,28)(H,23,29,30). The molecular weight excluding hydrogens is 440 g/mol. The maximum absolute atomic E-state index is 11.9. The van der Waals surface area contributed by atoms with Crippen molar-refractivity contribution in [2.45, 2.75) is 33.6 Å². The monoisotopic (exact) mass is 460 g/mol. The fourth-order valence-corrected chi connectivity index (χ4v) is 2.78. The van der Waals surface area contributed by atoms with Gasteiger partial charge in [0.25, 0.3) is 11.5 Å². The Morgan fingerprint density at radius 3 is 2.66 bits per heavy atom. The molecule has 0 fully saturated rings. The lowest BCUT2D eigenvalue weighted by Crippen LogP contribution is -2.36. The van der Waals surface area contributed by atoms with Crippen molar-refractivity contribution in [2.75, 3.05) is 12.0 Å². The van der Waals surface area contributed by atoms with Crippen molar-refractivity contribution < 1.29 is 19.1 Å². The molecule has 12 heteroatoms. The molecular formula is C20H21ClN6O5. The third kappa shape index (κ3) is 6.29. The number of hydrazone groups is 1. The number of anilines is 1. The SMILES string of the molecule is CCOC(=O)NC(=O)C(C#N)=NNc1cc(C)c(Oc2cc(C(C)C)c(=O)[nH]n2)c(Cl)c1. The van der Waals surface area contributed by atoms with Gasteiger partial charge in [-0.2, -0.15) is 10.4 Å². The quantitative estimate of drug-likeness (QED) is 0.419. The van der Waals surface area contributed by atoms with E-state index in [-0.39, 0.29) is 29.0 Å². The highest BCUT2D eigenvalue weighted by Crippen LogP contribution is 2.35. The van der Waals surface area contributed by atoms with Crippen molar-refractivity contribution in [3.05, 3.63) is 44.7 Å². The minimum atomic E-state index is -1.02. The minimum Gasteiger partial charge on any atom is -0.450 e. The summed E-state index contributed by atoms with van der Waals surface area (Å²) in [7, 11) is 0. The van der Waals surface area contributed by atoms with Crippen LogP contribution in [0.2, 0.25) is 5.02 Å². The van der Waals surface area contributed by atoms with Crippen molar-refractivity contribution in [3.8, 4) is 17.7 Å². The number of rotatable bonds is 7. The maximum atomic E-state index is 11.9. The molecule has 1 aromatic carbocycles. The number of carbonyl (C=O) groups excluding carboxylic acids is 2. The highest BCUT2D eigenvalue weighted by Gasteiger charge is 2.16. The molecule has 0 atom stereocenters. The molecule has 0 saturated heterocycles. The summed E-state index contributed by atoms with van der Waals surface area (Å²) in [4.78, 5) is 35.0. The molecule has 0 bridgehead atoms. The number of H-pyrrole nitrogens is 1. The van der Waals surface area contributed by atoms with Crippen molar-refractivity contribution in [1.29, 1.82) is 5.26 Å².